The van der Waals surface area contributed by atoms with Crippen molar-refractivity contribution < 1.29 is 47.7 Å². The van der Waals surface area contributed by atoms with Crippen molar-refractivity contribution in [3.63, 3.8) is 0 Å². The summed E-state index contributed by atoms with van der Waals surface area (Å²) in [5.74, 6) is -4.56. The Morgan fingerprint density at radius 3 is 2.42 bits per heavy atom. The molecule has 2 saturated heterocycles. The van der Waals surface area contributed by atoms with Crippen LogP contribution in [0, 0.1) is 12.7 Å². The van der Waals surface area contributed by atoms with E-state index in [2.05, 4.69) is 15.6 Å². The Hall–Kier alpha value is -5.02. The van der Waals surface area contributed by atoms with Crippen molar-refractivity contribution in [3.05, 3.63) is 35.3 Å². The van der Waals surface area contributed by atoms with Crippen LogP contribution in [-0.2, 0) is 23.9 Å². The Bertz CT molecular complexity index is 1560. The van der Waals surface area contributed by atoms with E-state index in [4.69, 9.17) is 9.47 Å². The topological polar surface area (TPSA) is 188 Å². The molecular formula is C32H41FN6O9. The number of aliphatic carboxylic acids is 1. The van der Waals surface area contributed by atoms with E-state index in [1.165, 1.54) is 26.8 Å². The maximum Gasteiger partial charge on any atom is 0.409 e. The molecule has 3 N–H and O–H groups in total. The highest BCUT2D eigenvalue weighted by molar-refractivity contribution is 6.00. The number of halogens is 1. The molecule has 0 saturated carbocycles. The van der Waals surface area contributed by atoms with E-state index in [1.807, 2.05) is 6.92 Å². The number of aryl methyl sites for hydroxylation is 1. The first kappa shape index (κ1) is 35.8. The Morgan fingerprint density at radius 1 is 1.04 bits per heavy atom. The minimum absolute atomic E-state index is 0.0387. The lowest BCUT2D eigenvalue weighted by Crippen LogP contribution is -2.56. The predicted octanol–water partition coefficient (Wildman–Crippen LogP) is 1.45. The lowest BCUT2D eigenvalue weighted by Gasteiger charge is -2.35. The Kier molecular flexibility index (Phi) is 12.1. The fourth-order valence-corrected chi connectivity index (χ4v) is 5.72. The van der Waals surface area contributed by atoms with E-state index < -0.39 is 60.7 Å². The molecule has 1 aromatic carbocycles. The van der Waals surface area contributed by atoms with Crippen LogP contribution in [0.2, 0.25) is 0 Å². The third kappa shape index (κ3) is 8.66. The molecule has 2 atom stereocenters. The molecule has 2 aromatic rings. The Balaban J connectivity index is 1.53. The molecule has 4 rings (SSSR count). The van der Waals surface area contributed by atoms with E-state index in [9.17, 15) is 33.9 Å². The van der Waals surface area contributed by atoms with E-state index in [0.29, 0.717) is 31.5 Å². The van der Waals surface area contributed by atoms with Gasteiger partial charge in [-0.1, -0.05) is 6.92 Å². The number of hydrogen-bond acceptors (Lipinski definition) is 9. The van der Waals surface area contributed by atoms with Gasteiger partial charge in [0.05, 0.1) is 23.9 Å². The van der Waals surface area contributed by atoms with Gasteiger partial charge in [-0.05, 0) is 50.8 Å². The molecule has 48 heavy (non-hydrogen) atoms. The van der Waals surface area contributed by atoms with Gasteiger partial charge in [-0.3, -0.25) is 24.0 Å². The summed E-state index contributed by atoms with van der Waals surface area (Å²) < 4.78 is 26.0. The summed E-state index contributed by atoms with van der Waals surface area (Å²) in [6.45, 7) is 6.21. The number of carbonyl (C=O) groups excluding carboxylic acids is 5. The lowest BCUT2D eigenvalue weighted by molar-refractivity contribution is -0.143. The zero-order valence-corrected chi connectivity index (χ0v) is 27.3. The number of rotatable bonds is 12. The quantitative estimate of drug-likeness (QED) is 0.298. The van der Waals surface area contributed by atoms with Gasteiger partial charge >= 0.3 is 12.1 Å². The number of hydrogen-bond donors (Lipinski definition) is 3. The fraction of sp³-hybridized carbons (Fsp3) is 0.531. The number of nitrogens with one attached hydrogen (secondary N) is 2. The van der Waals surface area contributed by atoms with Gasteiger partial charge < -0.3 is 39.9 Å². The number of carboxylic acids is 1. The number of nitrogens with zero attached hydrogens (tertiary/aromatic N) is 4. The van der Waals surface area contributed by atoms with Crippen LogP contribution in [0.1, 0.15) is 55.6 Å². The number of likely N-dealkylation sites (tertiary alicyclic amines) is 1. The van der Waals surface area contributed by atoms with Crippen molar-refractivity contribution in [2.45, 2.75) is 58.5 Å². The van der Waals surface area contributed by atoms with Crippen LogP contribution in [-0.4, -0.2) is 125 Å². The third-order valence-electron chi connectivity index (χ3n) is 8.08. The van der Waals surface area contributed by atoms with Gasteiger partial charge in [-0.25, -0.2) is 14.2 Å². The van der Waals surface area contributed by atoms with Crippen LogP contribution < -0.4 is 15.4 Å². The van der Waals surface area contributed by atoms with Crippen molar-refractivity contribution in [2.24, 2.45) is 0 Å². The maximum atomic E-state index is 15.2. The van der Waals surface area contributed by atoms with Gasteiger partial charge in [0.25, 0.3) is 11.8 Å². The maximum absolute atomic E-state index is 15.2. The van der Waals surface area contributed by atoms with Gasteiger partial charge in [-0.2, -0.15) is 0 Å². The number of aromatic nitrogens is 1. The monoisotopic (exact) mass is 672 g/mol. The largest absolute Gasteiger partial charge is 0.483 e. The Labute approximate surface area is 276 Å². The highest BCUT2D eigenvalue weighted by Crippen LogP contribution is 2.30. The van der Waals surface area contributed by atoms with Crippen LogP contribution in [0.4, 0.5) is 9.18 Å². The fourth-order valence-electron chi connectivity index (χ4n) is 5.72. The third-order valence-corrected chi connectivity index (χ3v) is 8.08. The molecule has 0 bridgehead atoms. The second kappa shape index (κ2) is 16.2. The summed E-state index contributed by atoms with van der Waals surface area (Å²) in [5, 5.41) is 14.7. The number of benzene rings is 1. The number of ether oxygens (including phenoxy) is 2. The number of fused-ring (bicyclic) bond motifs is 1. The van der Waals surface area contributed by atoms with Crippen LogP contribution in [0.5, 0.6) is 5.75 Å². The minimum atomic E-state index is -1.48. The smallest absolute Gasteiger partial charge is 0.409 e. The molecule has 0 radical (unpaired) electrons. The van der Waals surface area contributed by atoms with Crippen LogP contribution in [0.15, 0.2) is 18.2 Å². The number of pyridine rings is 1. The van der Waals surface area contributed by atoms with Gasteiger partial charge in [0.15, 0.2) is 6.61 Å². The molecule has 0 unspecified atom stereocenters. The van der Waals surface area contributed by atoms with Crippen molar-refractivity contribution in [1.29, 1.82) is 0 Å². The standard InChI is InChI=1S/C32H41FN6O9/c1-4-8-34-30(44)24-7-6-9-39(24)26(40)18-48-25-16-22(35-21-15-19(3)14-20(33)28(21)25)29(43)36-23(17-27(41)42)31(45)37-10-12-38(13-11-37)32(46)47-5-2/h14-16,23-24H,4-13,17-18H2,1-3H3,(H,34,44)(H,36,43)(H,41,42)/t23-,24-/m0/s1. The summed E-state index contributed by atoms with van der Waals surface area (Å²) in [6, 6.07) is 1.75. The first-order valence-corrected chi connectivity index (χ1v) is 16.0. The molecule has 2 aliphatic heterocycles. The van der Waals surface area contributed by atoms with E-state index >= 15 is 4.39 Å². The van der Waals surface area contributed by atoms with E-state index in [-0.39, 0.29) is 61.0 Å². The normalized spacial score (nSPS) is 16.8. The second-order valence-corrected chi connectivity index (χ2v) is 11.6. The van der Waals surface area contributed by atoms with Gasteiger partial charge in [0.1, 0.15) is 29.3 Å². The van der Waals surface area contributed by atoms with Gasteiger partial charge in [0.2, 0.25) is 11.8 Å². The molecule has 2 fully saturated rings. The van der Waals surface area contributed by atoms with Crippen LogP contribution >= 0.6 is 0 Å². The minimum Gasteiger partial charge on any atom is -0.483 e. The summed E-state index contributed by atoms with van der Waals surface area (Å²) in [5.41, 5.74) is 0.228. The van der Waals surface area contributed by atoms with Crippen molar-refractivity contribution in [1.82, 2.24) is 30.3 Å². The van der Waals surface area contributed by atoms with Crippen molar-refractivity contribution in [2.75, 3.05) is 52.5 Å². The summed E-state index contributed by atoms with van der Waals surface area (Å²) in [7, 11) is 0. The molecule has 15 nitrogen and oxygen atoms in total. The molecule has 260 valence electrons. The number of amides is 5. The summed E-state index contributed by atoms with van der Waals surface area (Å²) >= 11 is 0. The molecular weight excluding hydrogens is 631 g/mol. The first-order chi connectivity index (χ1) is 22.9. The lowest BCUT2D eigenvalue weighted by atomic mass is 10.1. The highest BCUT2D eigenvalue weighted by Gasteiger charge is 2.35. The second-order valence-electron chi connectivity index (χ2n) is 11.6. The zero-order valence-electron chi connectivity index (χ0n) is 27.3. The molecule has 5 amide bonds. The zero-order chi connectivity index (χ0) is 35.0. The number of piperazine rings is 1. The van der Waals surface area contributed by atoms with Crippen LogP contribution in [0.3, 0.4) is 0 Å². The Morgan fingerprint density at radius 2 is 1.75 bits per heavy atom. The van der Waals surface area contributed by atoms with Gasteiger partial charge in [0, 0.05) is 45.3 Å². The highest BCUT2D eigenvalue weighted by atomic mass is 19.1. The average molecular weight is 673 g/mol. The summed E-state index contributed by atoms with van der Waals surface area (Å²) in [6.07, 6.45) is 0.611. The van der Waals surface area contributed by atoms with Crippen molar-refractivity contribution >= 4 is 46.6 Å². The van der Waals surface area contributed by atoms with Crippen LogP contribution in [0.25, 0.3) is 10.9 Å². The SMILES string of the molecule is CCCNC(=O)[C@@H]1CCCN1C(=O)COc1cc(C(=O)N[C@@H](CC(=O)O)C(=O)N2CCN(C(=O)OCC)CC2)nc2cc(C)cc(F)c12. The molecule has 0 aliphatic carbocycles. The van der Waals surface area contributed by atoms with Crippen molar-refractivity contribution in [3.8, 4) is 5.75 Å². The molecule has 16 heteroatoms. The summed E-state index contributed by atoms with van der Waals surface area (Å²) in [4.78, 5) is 84.8. The molecule has 3 heterocycles. The molecule has 0 spiro atoms. The number of carboxylic acid groups (broad SMARTS) is 1. The van der Waals surface area contributed by atoms with Gasteiger partial charge in [-0.15, -0.1) is 0 Å². The van der Waals surface area contributed by atoms with E-state index in [1.54, 1.807) is 13.8 Å². The average Bonchev–Trinajstić information content (AvgIpc) is 3.55. The van der Waals surface area contributed by atoms with E-state index in [0.717, 1.165) is 12.5 Å². The predicted molar refractivity (Wildman–Crippen MR) is 169 cm³/mol. The molecule has 1 aromatic heterocycles. The first-order valence-electron chi connectivity index (χ1n) is 16.0. The number of carbonyl (C=O) groups is 6. The molecule has 2 aliphatic rings.